The highest BCUT2D eigenvalue weighted by molar-refractivity contribution is 14.1. The monoisotopic (exact) mass is 439 g/mol. The van der Waals surface area contributed by atoms with Crippen LogP contribution in [0.1, 0.15) is 10.4 Å². The fraction of sp³-hybridized carbons (Fsp3) is 0.0625. The number of anilines is 1. The van der Waals surface area contributed by atoms with Crippen molar-refractivity contribution in [1.82, 2.24) is 9.97 Å². The number of nitrogens with one attached hydrogen (secondary N) is 1. The molecule has 23 heavy (non-hydrogen) atoms. The first-order chi connectivity index (χ1) is 11.1. The molecule has 1 amide bonds. The molecule has 3 aromatic rings. The van der Waals surface area contributed by atoms with Crippen LogP contribution in [0.4, 0.5) is 5.82 Å². The molecule has 0 saturated heterocycles. The van der Waals surface area contributed by atoms with Crippen LogP contribution >= 0.6 is 34.2 Å². The second kappa shape index (κ2) is 6.67. The summed E-state index contributed by atoms with van der Waals surface area (Å²) in [5, 5.41) is 3.88. The Labute approximate surface area is 151 Å². The van der Waals surface area contributed by atoms with Crippen LogP contribution in [0.3, 0.4) is 0 Å². The lowest BCUT2D eigenvalue weighted by atomic mass is 10.2. The Hall–Kier alpha value is -1.93. The molecule has 1 N–H and O–H groups in total. The summed E-state index contributed by atoms with van der Waals surface area (Å²) in [6.45, 7) is 0. The van der Waals surface area contributed by atoms with Gasteiger partial charge in [0.15, 0.2) is 0 Å². The molecule has 0 bridgehead atoms. The molecule has 116 valence electrons. The van der Waals surface area contributed by atoms with E-state index in [4.69, 9.17) is 16.3 Å². The standard InChI is InChI=1S/C16H11ClIN3O2/c1-23-10-3-4-11(13(17)7-10)16(22)21-15-12-6-9(18)2-5-14(12)19-8-20-15/h2-8H,1H3,(H,19,20,21,22). The van der Waals surface area contributed by atoms with Gasteiger partial charge in [-0.3, -0.25) is 4.79 Å². The van der Waals surface area contributed by atoms with Crippen molar-refractivity contribution in [2.45, 2.75) is 0 Å². The minimum atomic E-state index is -0.337. The number of nitrogens with zero attached hydrogens (tertiary/aromatic N) is 2. The van der Waals surface area contributed by atoms with Gasteiger partial charge in [-0.1, -0.05) is 11.6 Å². The summed E-state index contributed by atoms with van der Waals surface area (Å²) < 4.78 is 6.11. The Morgan fingerprint density at radius 3 is 2.78 bits per heavy atom. The summed E-state index contributed by atoms with van der Waals surface area (Å²) in [5.74, 6) is 0.704. The van der Waals surface area contributed by atoms with Crippen LogP contribution in [-0.2, 0) is 0 Å². The zero-order chi connectivity index (χ0) is 16.4. The molecule has 0 unspecified atom stereocenters. The van der Waals surface area contributed by atoms with Gasteiger partial charge >= 0.3 is 0 Å². The smallest absolute Gasteiger partial charge is 0.258 e. The third-order valence-corrected chi connectivity index (χ3v) is 4.23. The minimum absolute atomic E-state index is 0.315. The lowest BCUT2D eigenvalue weighted by Gasteiger charge is -2.09. The Balaban J connectivity index is 1.96. The van der Waals surface area contributed by atoms with Gasteiger partial charge in [0.25, 0.3) is 5.91 Å². The van der Waals surface area contributed by atoms with E-state index in [9.17, 15) is 4.79 Å². The number of hydrogen-bond acceptors (Lipinski definition) is 4. The highest BCUT2D eigenvalue weighted by Gasteiger charge is 2.14. The van der Waals surface area contributed by atoms with Gasteiger partial charge in [0.2, 0.25) is 0 Å². The van der Waals surface area contributed by atoms with Gasteiger partial charge in [-0.05, 0) is 59.0 Å². The van der Waals surface area contributed by atoms with E-state index in [0.29, 0.717) is 22.2 Å². The lowest BCUT2D eigenvalue weighted by molar-refractivity contribution is 0.102. The summed E-state index contributed by atoms with van der Waals surface area (Å²) in [6.07, 6.45) is 1.42. The van der Waals surface area contributed by atoms with E-state index < -0.39 is 0 Å². The van der Waals surface area contributed by atoms with Crippen LogP contribution in [0, 0.1) is 3.57 Å². The number of fused-ring (bicyclic) bond motifs is 1. The van der Waals surface area contributed by atoms with Crippen molar-refractivity contribution in [3.63, 3.8) is 0 Å². The van der Waals surface area contributed by atoms with Crippen molar-refractivity contribution in [2.75, 3.05) is 12.4 Å². The van der Waals surface area contributed by atoms with Crippen molar-refractivity contribution in [2.24, 2.45) is 0 Å². The maximum atomic E-state index is 12.5. The van der Waals surface area contributed by atoms with Gasteiger partial charge in [0, 0.05) is 8.96 Å². The molecule has 2 aromatic carbocycles. The first kappa shape index (κ1) is 15.9. The van der Waals surface area contributed by atoms with Crippen molar-refractivity contribution in [3.8, 4) is 5.75 Å². The average molecular weight is 440 g/mol. The highest BCUT2D eigenvalue weighted by Crippen LogP contribution is 2.25. The van der Waals surface area contributed by atoms with E-state index in [1.165, 1.54) is 6.33 Å². The predicted octanol–water partition coefficient (Wildman–Crippen LogP) is 4.15. The zero-order valence-electron chi connectivity index (χ0n) is 12.0. The number of carbonyl (C=O) groups is 1. The summed E-state index contributed by atoms with van der Waals surface area (Å²) in [6, 6.07) is 10.6. The van der Waals surface area contributed by atoms with E-state index in [2.05, 4.69) is 37.9 Å². The maximum absolute atomic E-state index is 12.5. The second-order valence-corrected chi connectivity index (χ2v) is 6.34. The van der Waals surface area contributed by atoms with Crippen molar-refractivity contribution in [3.05, 3.63) is 56.9 Å². The fourth-order valence-electron chi connectivity index (χ4n) is 2.11. The molecule has 7 heteroatoms. The van der Waals surface area contributed by atoms with Crippen LogP contribution in [-0.4, -0.2) is 23.0 Å². The zero-order valence-corrected chi connectivity index (χ0v) is 14.9. The molecule has 0 aliphatic rings. The molecule has 1 heterocycles. The number of carbonyl (C=O) groups excluding carboxylic acids is 1. The molecule has 1 aromatic heterocycles. The van der Waals surface area contributed by atoms with E-state index in [1.54, 1.807) is 25.3 Å². The van der Waals surface area contributed by atoms with E-state index in [0.717, 1.165) is 14.5 Å². The van der Waals surface area contributed by atoms with E-state index in [1.807, 2.05) is 18.2 Å². The average Bonchev–Trinajstić information content (AvgIpc) is 2.55. The number of benzene rings is 2. The summed E-state index contributed by atoms with van der Waals surface area (Å²) >= 11 is 8.34. The Kier molecular flexibility index (Phi) is 4.63. The van der Waals surface area contributed by atoms with Crippen molar-refractivity contribution in [1.29, 1.82) is 0 Å². The van der Waals surface area contributed by atoms with Crippen molar-refractivity contribution < 1.29 is 9.53 Å². The number of amides is 1. The molecule has 0 spiro atoms. The normalized spacial score (nSPS) is 10.6. The van der Waals surface area contributed by atoms with Crippen LogP contribution in [0.15, 0.2) is 42.7 Å². The number of rotatable bonds is 3. The largest absolute Gasteiger partial charge is 0.497 e. The quantitative estimate of drug-likeness (QED) is 0.623. The minimum Gasteiger partial charge on any atom is -0.497 e. The van der Waals surface area contributed by atoms with Crippen LogP contribution in [0.25, 0.3) is 10.9 Å². The van der Waals surface area contributed by atoms with Gasteiger partial charge in [0.1, 0.15) is 17.9 Å². The first-order valence-electron chi connectivity index (χ1n) is 6.63. The predicted molar refractivity (Wildman–Crippen MR) is 98.2 cm³/mol. The van der Waals surface area contributed by atoms with Gasteiger partial charge in [-0.15, -0.1) is 0 Å². The summed E-state index contributed by atoms with van der Waals surface area (Å²) in [4.78, 5) is 20.8. The summed E-state index contributed by atoms with van der Waals surface area (Å²) in [7, 11) is 1.54. The van der Waals surface area contributed by atoms with Crippen LogP contribution < -0.4 is 10.1 Å². The number of halogens is 2. The molecule has 0 radical (unpaired) electrons. The molecule has 0 aliphatic heterocycles. The van der Waals surface area contributed by atoms with Gasteiger partial charge in [0.05, 0.1) is 23.2 Å². The number of ether oxygens (including phenoxy) is 1. The molecule has 0 atom stereocenters. The fourth-order valence-corrected chi connectivity index (χ4v) is 2.86. The maximum Gasteiger partial charge on any atom is 0.258 e. The number of hydrogen-bond donors (Lipinski definition) is 1. The van der Waals surface area contributed by atoms with E-state index >= 15 is 0 Å². The summed E-state index contributed by atoms with van der Waals surface area (Å²) in [5.41, 5.74) is 1.11. The van der Waals surface area contributed by atoms with Gasteiger partial charge < -0.3 is 10.1 Å². The molecular formula is C16H11ClIN3O2. The number of methoxy groups -OCH3 is 1. The second-order valence-electron chi connectivity index (χ2n) is 4.68. The molecule has 5 nitrogen and oxygen atoms in total. The molecule has 3 rings (SSSR count). The van der Waals surface area contributed by atoms with Crippen LogP contribution in [0.5, 0.6) is 5.75 Å². The topological polar surface area (TPSA) is 64.1 Å². The molecule has 0 saturated carbocycles. The Bertz CT molecular complexity index is 902. The molecular weight excluding hydrogens is 429 g/mol. The van der Waals surface area contributed by atoms with E-state index in [-0.39, 0.29) is 5.91 Å². The molecule has 0 fully saturated rings. The van der Waals surface area contributed by atoms with Crippen LogP contribution in [0.2, 0.25) is 5.02 Å². The number of aromatic nitrogens is 2. The first-order valence-corrected chi connectivity index (χ1v) is 8.09. The third-order valence-electron chi connectivity index (χ3n) is 3.25. The Morgan fingerprint density at radius 2 is 2.04 bits per heavy atom. The Morgan fingerprint density at radius 1 is 1.22 bits per heavy atom. The lowest BCUT2D eigenvalue weighted by Crippen LogP contribution is -2.14. The van der Waals surface area contributed by atoms with Crippen molar-refractivity contribution >= 4 is 56.8 Å². The highest BCUT2D eigenvalue weighted by atomic mass is 127. The molecule has 0 aliphatic carbocycles. The SMILES string of the molecule is COc1ccc(C(=O)Nc2ncnc3ccc(I)cc23)c(Cl)c1. The third kappa shape index (κ3) is 3.37. The van der Waals surface area contributed by atoms with Gasteiger partial charge in [-0.25, -0.2) is 9.97 Å². The van der Waals surface area contributed by atoms with Gasteiger partial charge in [-0.2, -0.15) is 0 Å².